The fraction of sp³-hybridized carbons (Fsp3) is 0.769. The van der Waals surface area contributed by atoms with Crippen LogP contribution in [0.4, 0.5) is 11.9 Å². The number of hydrogen-bond donors (Lipinski definition) is 1. The maximum Gasteiger partial charge on any atom is 0.231 e. The van der Waals surface area contributed by atoms with E-state index in [2.05, 4.69) is 19.9 Å². The van der Waals surface area contributed by atoms with Crippen LogP contribution in [0, 0.1) is 0 Å². The van der Waals surface area contributed by atoms with Crippen LogP contribution >= 0.6 is 11.6 Å². The van der Waals surface area contributed by atoms with E-state index in [-0.39, 0.29) is 11.9 Å². The van der Waals surface area contributed by atoms with Gasteiger partial charge in [0, 0.05) is 32.8 Å². The molecule has 7 heteroatoms. The van der Waals surface area contributed by atoms with E-state index in [9.17, 15) is 0 Å². The second kappa shape index (κ2) is 7.59. The predicted octanol–water partition coefficient (Wildman–Crippen LogP) is 1.72. The summed E-state index contributed by atoms with van der Waals surface area (Å²) in [6.07, 6.45) is 4.29. The Balaban J connectivity index is 2.17. The number of rotatable bonds is 6. The minimum absolute atomic E-state index is 0.161. The van der Waals surface area contributed by atoms with E-state index < -0.39 is 0 Å². The summed E-state index contributed by atoms with van der Waals surface area (Å²) < 4.78 is 0. The first-order valence-electron chi connectivity index (χ1n) is 7.27. The number of nitrogens with zero attached hydrogens (tertiary/aromatic N) is 5. The smallest absolute Gasteiger partial charge is 0.231 e. The third kappa shape index (κ3) is 3.93. The molecule has 0 unspecified atom stereocenters. The summed E-state index contributed by atoms with van der Waals surface area (Å²) >= 11 is 6.04. The molecule has 6 nitrogen and oxygen atoms in total. The van der Waals surface area contributed by atoms with E-state index >= 15 is 0 Å². The van der Waals surface area contributed by atoms with Crippen LogP contribution < -0.4 is 9.80 Å². The Kier molecular flexibility index (Phi) is 5.79. The fourth-order valence-electron chi connectivity index (χ4n) is 2.37. The van der Waals surface area contributed by atoms with Gasteiger partial charge in [-0.05, 0) is 44.2 Å². The van der Waals surface area contributed by atoms with E-state index in [0.717, 1.165) is 19.6 Å². The van der Waals surface area contributed by atoms with Crippen LogP contribution in [0.15, 0.2) is 0 Å². The van der Waals surface area contributed by atoms with Crippen molar-refractivity contribution in [1.82, 2.24) is 15.0 Å². The lowest BCUT2D eigenvalue weighted by molar-refractivity contribution is 0.289. The normalized spacial score (nSPS) is 15.4. The van der Waals surface area contributed by atoms with Gasteiger partial charge in [-0.25, -0.2) is 0 Å². The minimum atomic E-state index is 0.161. The first kappa shape index (κ1) is 15.3. The highest BCUT2D eigenvalue weighted by Crippen LogP contribution is 2.20. The molecule has 1 fully saturated rings. The van der Waals surface area contributed by atoms with Gasteiger partial charge in [0.25, 0.3) is 0 Å². The maximum absolute atomic E-state index is 8.96. The number of aliphatic hydroxyl groups excluding tert-OH is 1. The molecular formula is C13H22ClN5O. The molecule has 1 saturated heterocycles. The van der Waals surface area contributed by atoms with Gasteiger partial charge in [-0.15, -0.1) is 0 Å². The quantitative estimate of drug-likeness (QED) is 0.863. The zero-order valence-electron chi connectivity index (χ0n) is 11.9. The molecule has 1 N–H and O–H groups in total. The van der Waals surface area contributed by atoms with Crippen molar-refractivity contribution in [2.75, 3.05) is 42.6 Å². The third-order valence-electron chi connectivity index (χ3n) is 3.47. The summed E-state index contributed by atoms with van der Waals surface area (Å²) in [5.41, 5.74) is 0. The summed E-state index contributed by atoms with van der Waals surface area (Å²) in [5.74, 6) is 1.27. The molecule has 1 aromatic rings. The fourth-order valence-corrected chi connectivity index (χ4v) is 2.52. The SMILES string of the molecule is CCN(CCCO)c1nc(Cl)nc(N2CCCCC2)n1. The summed E-state index contributed by atoms with van der Waals surface area (Å²) in [4.78, 5) is 17.2. The average Bonchev–Trinajstić information content (AvgIpc) is 2.48. The highest BCUT2D eigenvalue weighted by molar-refractivity contribution is 6.28. The molecule has 1 aliphatic heterocycles. The van der Waals surface area contributed by atoms with Gasteiger partial charge in [-0.1, -0.05) is 0 Å². The van der Waals surface area contributed by atoms with Gasteiger partial charge in [-0.3, -0.25) is 0 Å². The number of piperidine rings is 1. The summed E-state index contributed by atoms with van der Waals surface area (Å²) in [6, 6.07) is 0. The second-order valence-electron chi connectivity index (χ2n) is 4.91. The van der Waals surface area contributed by atoms with E-state index in [0.29, 0.717) is 24.9 Å². The molecule has 112 valence electrons. The first-order chi connectivity index (χ1) is 9.74. The Morgan fingerprint density at radius 3 is 2.60 bits per heavy atom. The Morgan fingerprint density at radius 1 is 1.20 bits per heavy atom. The number of hydrogen-bond acceptors (Lipinski definition) is 6. The largest absolute Gasteiger partial charge is 0.396 e. The molecular weight excluding hydrogens is 278 g/mol. The molecule has 0 spiro atoms. The van der Waals surface area contributed by atoms with Crippen LogP contribution in [0.25, 0.3) is 0 Å². The van der Waals surface area contributed by atoms with Gasteiger partial charge in [0.15, 0.2) is 0 Å². The standard InChI is InChI=1S/C13H22ClN5O/c1-2-18(9-6-10-20)12-15-11(14)16-13(17-12)19-7-4-3-5-8-19/h20H,2-10H2,1H3. The molecule has 1 aromatic heterocycles. The van der Waals surface area contributed by atoms with Crippen LogP contribution in [-0.2, 0) is 0 Å². The van der Waals surface area contributed by atoms with E-state index in [1.165, 1.54) is 19.3 Å². The van der Waals surface area contributed by atoms with Crippen LogP contribution in [0.3, 0.4) is 0 Å². The molecule has 0 amide bonds. The monoisotopic (exact) mass is 299 g/mol. The minimum Gasteiger partial charge on any atom is -0.396 e. The average molecular weight is 300 g/mol. The van der Waals surface area contributed by atoms with Gasteiger partial charge in [0.1, 0.15) is 0 Å². The van der Waals surface area contributed by atoms with Gasteiger partial charge in [-0.2, -0.15) is 15.0 Å². The number of aromatic nitrogens is 3. The van der Waals surface area contributed by atoms with Gasteiger partial charge in [0.05, 0.1) is 0 Å². The molecule has 0 atom stereocenters. The zero-order chi connectivity index (χ0) is 14.4. The highest BCUT2D eigenvalue weighted by Gasteiger charge is 2.17. The molecule has 2 heterocycles. The van der Waals surface area contributed by atoms with Crippen LogP contribution in [0.1, 0.15) is 32.6 Å². The summed E-state index contributed by atoms with van der Waals surface area (Å²) in [5, 5.41) is 9.19. The van der Waals surface area contributed by atoms with Crippen LogP contribution in [0.5, 0.6) is 0 Å². The zero-order valence-corrected chi connectivity index (χ0v) is 12.7. The van der Waals surface area contributed by atoms with Gasteiger partial charge in [0.2, 0.25) is 17.2 Å². The topological polar surface area (TPSA) is 65.4 Å². The van der Waals surface area contributed by atoms with Crippen LogP contribution in [-0.4, -0.2) is 52.8 Å². The van der Waals surface area contributed by atoms with E-state index in [4.69, 9.17) is 16.7 Å². The van der Waals surface area contributed by atoms with Crippen molar-refractivity contribution in [3.63, 3.8) is 0 Å². The third-order valence-corrected chi connectivity index (χ3v) is 3.64. The number of anilines is 2. The van der Waals surface area contributed by atoms with Gasteiger partial charge >= 0.3 is 0 Å². The first-order valence-corrected chi connectivity index (χ1v) is 7.64. The van der Waals surface area contributed by atoms with Crippen molar-refractivity contribution in [2.24, 2.45) is 0 Å². The molecule has 1 aliphatic rings. The van der Waals surface area contributed by atoms with E-state index in [1.54, 1.807) is 0 Å². The Hall–Kier alpha value is -1.14. The Bertz CT molecular complexity index is 425. The summed E-state index contributed by atoms with van der Waals surface area (Å²) in [7, 11) is 0. The molecule has 0 radical (unpaired) electrons. The Labute approximate surface area is 124 Å². The second-order valence-corrected chi connectivity index (χ2v) is 5.25. The molecule has 0 bridgehead atoms. The Morgan fingerprint density at radius 2 is 1.95 bits per heavy atom. The van der Waals surface area contributed by atoms with Crippen molar-refractivity contribution >= 4 is 23.5 Å². The molecule has 2 rings (SSSR count). The lowest BCUT2D eigenvalue weighted by atomic mass is 10.1. The lowest BCUT2D eigenvalue weighted by Gasteiger charge is -2.28. The van der Waals surface area contributed by atoms with Crippen molar-refractivity contribution in [3.05, 3.63) is 5.28 Å². The van der Waals surface area contributed by atoms with E-state index in [1.807, 2.05) is 11.8 Å². The van der Waals surface area contributed by atoms with Gasteiger partial charge < -0.3 is 14.9 Å². The molecule has 0 aliphatic carbocycles. The van der Waals surface area contributed by atoms with Crippen LogP contribution in [0.2, 0.25) is 5.28 Å². The van der Waals surface area contributed by atoms with Crippen molar-refractivity contribution < 1.29 is 5.11 Å². The van der Waals surface area contributed by atoms with Crippen molar-refractivity contribution in [1.29, 1.82) is 0 Å². The predicted molar refractivity (Wildman–Crippen MR) is 80.5 cm³/mol. The summed E-state index contributed by atoms with van der Waals surface area (Å²) in [6.45, 7) is 5.64. The number of aliphatic hydroxyl groups is 1. The molecule has 20 heavy (non-hydrogen) atoms. The number of halogens is 1. The maximum atomic E-state index is 8.96. The van der Waals surface area contributed by atoms with Crippen molar-refractivity contribution in [2.45, 2.75) is 32.6 Å². The lowest BCUT2D eigenvalue weighted by Crippen LogP contribution is -2.33. The van der Waals surface area contributed by atoms with Crippen molar-refractivity contribution in [3.8, 4) is 0 Å². The molecule has 0 saturated carbocycles. The molecule has 0 aromatic carbocycles. The highest BCUT2D eigenvalue weighted by atomic mass is 35.5.